The summed E-state index contributed by atoms with van der Waals surface area (Å²) in [6, 6.07) is 15.2. The Morgan fingerprint density at radius 1 is 1.04 bits per heavy atom. The highest BCUT2D eigenvalue weighted by molar-refractivity contribution is 6.00. The second-order valence-corrected chi connectivity index (χ2v) is 6.84. The van der Waals surface area contributed by atoms with Gasteiger partial charge >= 0.3 is 0 Å². The fourth-order valence-corrected chi connectivity index (χ4v) is 3.35. The molecule has 26 heavy (non-hydrogen) atoms. The summed E-state index contributed by atoms with van der Waals surface area (Å²) in [5.41, 5.74) is 16.2. The first kappa shape index (κ1) is 18.2. The van der Waals surface area contributed by atoms with Gasteiger partial charge in [0.05, 0.1) is 5.71 Å². The Morgan fingerprint density at radius 3 is 2.69 bits per heavy atom. The Labute approximate surface area is 156 Å². The standard InChI is InChI=1S/C22H28N4/c1-3-4-5-8-13-24-22(23)26-25-16(2)17-11-12-21-19(14-17)15-18-9-6-7-10-20(18)21/h6-7,9-12,14H,3-5,8,13,15H2,1-2H3,(H3,23,24,26). The third kappa shape index (κ3) is 4.31. The van der Waals surface area contributed by atoms with Gasteiger partial charge in [0.25, 0.3) is 0 Å². The number of rotatable bonds is 7. The normalized spacial score (nSPS) is 13.5. The molecule has 0 amide bonds. The third-order valence-corrected chi connectivity index (χ3v) is 4.84. The number of nitrogens with zero attached hydrogens (tertiary/aromatic N) is 2. The van der Waals surface area contributed by atoms with Gasteiger partial charge in [-0.15, -0.1) is 0 Å². The molecular weight excluding hydrogens is 320 g/mol. The molecule has 0 atom stereocenters. The van der Waals surface area contributed by atoms with Crippen LogP contribution in [-0.2, 0) is 6.42 Å². The Balaban J connectivity index is 1.62. The van der Waals surface area contributed by atoms with Gasteiger partial charge in [-0.1, -0.05) is 62.6 Å². The van der Waals surface area contributed by atoms with E-state index in [0.29, 0.717) is 5.96 Å². The molecule has 0 fully saturated rings. The first-order valence-corrected chi connectivity index (χ1v) is 9.51. The molecule has 0 saturated carbocycles. The number of aliphatic imine (C=N–C) groups is 1. The lowest BCUT2D eigenvalue weighted by Gasteiger charge is -2.06. The van der Waals surface area contributed by atoms with Gasteiger partial charge in [-0.25, -0.2) is 5.43 Å². The molecule has 4 nitrogen and oxygen atoms in total. The average Bonchev–Trinajstić information content (AvgIpc) is 3.03. The van der Waals surface area contributed by atoms with E-state index in [1.807, 2.05) is 6.92 Å². The second kappa shape index (κ2) is 8.65. The quantitative estimate of drug-likeness (QED) is 0.286. The number of nitrogens with two attached hydrogens (primary N) is 1. The zero-order chi connectivity index (χ0) is 18.4. The number of hydrogen-bond acceptors (Lipinski definition) is 2. The predicted octanol–water partition coefficient (Wildman–Crippen LogP) is 4.47. The molecule has 0 unspecified atom stereocenters. The van der Waals surface area contributed by atoms with Gasteiger partial charge in [0.1, 0.15) is 0 Å². The van der Waals surface area contributed by atoms with Gasteiger partial charge in [0, 0.05) is 6.54 Å². The van der Waals surface area contributed by atoms with Gasteiger partial charge in [-0.05, 0) is 53.6 Å². The highest BCUT2D eigenvalue weighted by Gasteiger charge is 2.18. The largest absolute Gasteiger partial charge is 0.369 e. The Hall–Kier alpha value is -2.62. The lowest BCUT2D eigenvalue weighted by atomic mass is 10.0. The van der Waals surface area contributed by atoms with Crippen molar-refractivity contribution >= 4 is 11.7 Å². The third-order valence-electron chi connectivity index (χ3n) is 4.84. The first-order valence-electron chi connectivity index (χ1n) is 9.51. The fourth-order valence-electron chi connectivity index (χ4n) is 3.35. The van der Waals surface area contributed by atoms with Gasteiger partial charge in [-0.2, -0.15) is 5.10 Å². The molecule has 0 radical (unpaired) electrons. The van der Waals surface area contributed by atoms with E-state index in [-0.39, 0.29) is 0 Å². The summed E-state index contributed by atoms with van der Waals surface area (Å²) in [6.45, 7) is 4.95. The van der Waals surface area contributed by atoms with Gasteiger partial charge in [0.15, 0.2) is 0 Å². The molecule has 136 valence electrons. The van der Waals surface area contributed by atoms with Crippen LogP contribution in [0.2, 0.25) is 0 Å². The maximum Gasteiger partial charge on any atom is 0.209 e. The molecule has 0 aromatic heterocycles. The van der Waals surface area contributed by atoms with Crippen LogP contribution in [0, 0.1) is 0 Å². The van der Waals surface area contributed by atoms with E-state index in [0.717, 1.165) is 30.7 Å². The van der Waals surface area contributed by atoms with Crippen molar-refractivity contribution in [1.82, 2.24) is 5.43 Å². The van der Waals surface area contributed by atoms with Crippen molar-refractivity contribution in [2.75, 3.05) is 6.54 Å². The second-order valence-electron chi connectivity index (χ2n) is 6.84. The van der Waals surface area contributed by atoms with Crippen LogP contribution in [-0.4, -0.2) is 18.2 Å². The molecule has 2 aromatic carbocycles. The minimum atomic E-state index is 0.384. The maximum absolute atomic E-state index is 5.89. The number of unbranched alkanes of at least 4 members (excludes halogenated alkanes) is 3. The fraction of sp³-hybridized carbons (Fsp3) is 0.364. The minimum Gasteiger partial charge on any atom is -0.369 e. The number of nitrogens with one attached hydrogen (secondary N) is 1. The van der Waals surface area contributed by atoms with E-state index in [9.17, 15) is 0 Å². The lowest BCUT2D eigenvalue weighted by molar-refractivity contribution is 0.673. The van der Waals surface area contributed by atoms with E-state index in [2.05, 4.69) is 64.9 Å². The number of hydrogen-bond donors (Lipinski definition) is 2. The summed E-state index contributed by atoms with van der Waals surface area (Å²) >= 11 is 0. The zero-order valence-corrected chi connectivity index (χ0v) is 15.8. The van der Waals surface area contributed by atoms with Crippen molar-refractivity contribution < 1.29 is 0 Å². The van der Waals surface area contributed by atoms with Crippen LogP contribution in [0.1, 0.15) is 56.2 Å². The average molecular weight is 348 g/mol. The highest BCUT2D eigenvalue weighted by Crippen LogP contribution is 2.36. The van der Waals surface area contributed by atoms with Crippen molar-refractivity contribution in [2.24, 2.45) is 15.8 Å². The van der Waals surface area contributed by atoms with Crippen molar-refractivity contribution in [3.05, 3.63) is 59.2 Å². The number of guanidine groups is 1. The zero-order valence-electron chi connectivity index (χ0n) is 15.8. The molecule has 3 N–H and O–H groups in total. The summed E-state index contributed by atoms with van der Waals surface area (Å²) < 4.78 is 0. The predicted molar refractivity (Wildman–Crippen MR) is 111 cm³/mol. The van der Waals surface area contributed by atoms with Crippen molar-refractivity contribution in [3.8, 4) is 11.1 Å². The van der Waals surface area contributed by atoms with Crippen LogP contribution in [0.5, 0.6) is 0 Å². The van der Waals surface area contributed by atoms with Crippen molar-refractivity contribution in [1.29, 1.82) is 0 Å². The first-order chi connectivity index (χ1) is 12.7. The molecule has 0 heterocycles. The molecule has 1 aliphatic rings. The SMILES string of the molecule is CCCCCCN=C(N)NN=C(C)c1ccc2c(c1)Cc1ccccc1-2. The minimum absolute atomic E-state index is 0.384. The number of benzene rings is 2. The molecular formula is C22H28N4. The topological polar surface area (TPSA) is 62.8 Å². The number of fused-ring (bicyclic) bond motifs is 3. The summed E-state index contributed by atoms with van der Waals surface area (Å²) in [6.07, 6.45) is 5.74. The molecule has 0 spiro atoms. The molecule has 1 aliphatic carbocycles. The van der Waals surface area contributed by atoms with Crippen LogP contribution >= 0.6 is 0 Å². The van der Waals surface area contributed by atoms with E-state index >= 15 is 0 Å². The van der Waals surface area contributed by atoms with E-state index in [1.54, 1.807) is 0 Å². The summed E-state index contributed by atoms with van der Waals surface area (Å²) in [4.78, 5) is 4.32. The summed E-state index contributed by atoms with van der Waals surface area (Å²) in [7, 11) is 0. The van der Waals surface area contributed by atoms with Crippen LogP contribution in [0.25, 0.3) is 11.1 Å². The van der Waals surface area contributed by atoms with Crippen LogP contribution in [0.4, 0.5) is 0 Å². The van der Waals surface area contributed by atoms with E-state index in [1.165, 1.54) is 41.5 Å². The molecule has 0 bridgehead atoms. The maximum atomic E-state index is 5.89. The molecule has 2 aromatic rings. The highest BCUT2D eigenvalue weighted by atomic mass is 15.4. The lowest BCUT2D eigenvalue weighted by Crippen LogP contribution is -2.28. The van der Waals surface area contributed by atoms with Crippen molar-refractivity contribution in [3.63, 3.8) is 0 Å². The smallest absolute Gasteiger partial charge is 0.209 e. The molecule has 0 aliphatic heterocycles. The van der Waals surface area contributed by atoms with Crippen LogP contribution < -0.4 is 11.2 Å². The van der Waals surface area contributed by atoms with Gasteiger partial charge in [0.2, 0.25) is 5.96 Å². The Bertz CT molecular complexity index is 821. The van der Waals surface area contributed by atoms with Gasteiger partial charge in [-0.3, -0.25) is 4.99 Å². The van der Waals surface area contributed by atoms with Crippen molar-refractivity contribution in [2.45, 2.75) is 46.0 Å². The monoisotopic (exact) mass is 348 g/mol. The van der Waals surface area contributed by atoms with E-state index < -0.39 is 0 Å². The molecule has 4 heteroatoms. The molecule has 0 saturated heterocycles. The summed E-state index contributed by atoms with van der Waals surface area (Å²) in [5.74, 6) is 0.384. The summed E-state index contributed by atoms with van der Waals surface area (Å²) in [5, 5.41) is 4.39. The van der Waals surface area contributed by atoms with E-state index in [4.69, 9.17) is 5.73 Å². The Kier molecular flexibility index (Phi) is 6.05. The Morgan fingerprint density at radius 2 is 1.85 bits per heavy atom. The number of hydrazone groups is 1. The van der Waals surface area contributed by atoms with Crippen LogP contribution in [0.15, 0.2) is 52.6 Å². The molecule has 3 rings (SSSR count). The van der Waals surface area contributed by atoms with Crippen LogP contribution in [0.3, 0.4) is 0 Å². The van der Waals surface area contributed by atoms with Gasteiger partial charge < -0.3 is 5.73 Å².